The molecular weight excluding hydrogens is 206 g/mol. The van der Waals surface area contributed by atoms with E-state index in [1.807, 2.05) is 23.5 Å². The lowest BCUT2D eigenvalue weighted by Crippen LogP contribution is -2.30. The van der Waals surface area contributed by atoms with Crippen LogP contribution in [0.3, 0.4) is 0 Å². The lowest BCUT2D eigenvalue weighted by Gasteiger charge is -2.13. The van der Waals surface area contributed by atoms with E-state index in [2.05, 4.69) is 42.8 Å². The molecule has 0 fully saturated rings. The fraction of sp³-hybridized carbons (Fsp3) is 0.727. The molecule has 1 atom stereocenters. The standard InChI is InChI=1S/C11H21N3S/c1-9(2)14-6-5-10(13-14)7-11(12-3)8-15-4/h5-6,9,11-12H,7-8H2,1-4H3. The van der Waals surface area contributed by atoms with Gasteiger partial charge in [-0.15, -0.1) is 0 Å². The van der Waals surface area contributed by atoms with Crippen LogP contribution in [0.1, 0.15) is 25.6 Å². The summed E-state index contributed by atoms with van der Waals surface area (Å²) in [6.45, 7) is 4.29. The summed E-state index contributed by atoms with van der Waals surface area (Å²) in [5.41, 5.74) is 1.18. The van der Waals surface area contributed by atoms with Crippen molar-refractivity contribution < 1.29 is 0 Å². The van der Waals surface area contributed by atoms with Crippen LogP contribution in [0.4, 0.5) is 0 Å². The van der Waals surface area contributed by atoms with Crippen LogP contribution in [-0.4, -0.2) is 34.9 Å². The van der Waals surface area contributed by atoms with Gasteiger partial charge in [0.15, 0.2) is 0 Å². The van der Waals surface area contributed by atoms with E-state index in [1.165, 1.54) is 5.69 Å². The molecule has 0 saturated carbocycles. The Morgan fingerprint density at radius 1 is 1.53 bits per heavy atom. The third-order valence-corrected chi connectivity index (χ3v) is 3.16. The van der Waals surface area contributed by atoms with Crippen molar-refractivity contribution in [3.8, 4) is 0 Å². The molecule has 1 N–H and O–H groups in total. The van der Waals surface area contributed by atoms with Gasteiger partial charge in [0.25, 0.3) is 0 Å². The summed E-state index contributed by atoms with van der Waals surface area (Å²) in [6, 6.07) is 3.09. The minimum atomic E-state index is 0.451. The normalized spacial score (nSPS) is 13.4. The lowest BCUT2D eigenvalue weighted by atomic mass is 10.2. The van der Waals surface area contributed by atoms with Crippen LogP contribution in [0, 0.1) is 0 Å². The summed E-state index contributed by atoms with van der Waals surface area (Å²) in [4.78, 5) is 0. The highest BCUT2D eigenvalue weighted by atomic mass is 32.2. The van der Waals surface area contributed by atoms with Gasteiger partial charge in [-0.25, -0.2) is 0 Å². The van der Waals surface area contributed by atoms with Gasteiger partial charge in [-0.1, -0.05) is 0 Å². The topological polar surface area (TPSA) is 29.9 Å². The van der Waals surface area contributed by atoms with E-state index in [0.717, 1.165) is 12.2 Å². The summed E-state index contributed by atoms with van der Waals surface area (Å²) in [5, 5.41) is 7.87. The molecule has 0 aromatic carbocycles. The predicted octanol–water partition coefficient (Wildman–Crippen LogP) is 1.96. The van der Waals surface area contributed by atoms with Crippen molar-refractivity contribution >= 4 is 11.8 Å². The highest BCUT2D eigenvalue weighted by Crippen LogP contribution is 2.08. The Morgan fingerprint density at radius 3 is 2.73 bits per heavy atom. The zero-order valence-corrected chi connectivity index (χ0v) is 10.8. The van der Waals surface area contributed by atoms with Crippen molar-refractivity contribution in [2.45, 2.75) is 32.4 Å². The smallest absolute Gasteiger partial charge is 0.0640 e. The minimum Gasteiger partial charge on any atom is -0.316 e. The van der Waals surface area contributed by atoms with E-state index >= 15 is 0 Å². The van der Waals surface area contributed by atoms with Crippen molar-refractivity contribution in [3.63, 3.8) is 0 Å². The largest absolute Gasteiger partial charge is 0.316 e. The van der Waals surface area contributed by atoms with Gasteiger partial charge >= 0.3 is 0 Å². The molecule has 4 heteroatoms. The highest BCUT2D eigenvalue weighted by Gasteiger charge is 2.09. The molecule has 0 amide bonds. The van der Waals surface area contributed by atoms with Crippen LogP contribution in [0.25, 0.3) is 0 Å². The molecule has 86 valence electrons. The molecule has 1 rings (SSSR count). The second kappa shape index (κ2) is 6.18. The summed E-state index contributed by atoms with van der Waals surface area (Å²) in [6.07, 6.45) is 5.21. The lowest BCUT2D eigenvalue weighted by molar-refractivity contribution is 0.518. The van der Waals surface area contributed by atoms with Crippen LogP contribution in [0.5, 0.6) is 0 Å². The molecule has 0 radical (unpaired) electrons. The van der Waals surface area contributed by atoms with Gasteiger partial charge in [0.2, 0.25) is 0 Å². The number of nitrogens with zero attached hydrogens (tertiary/aromatic N) is 2. The molecule has 15 heavy (non-hydrogen) atoms. The number of aromatic nitrogens is 2. The van der Waals surface area contributed by atoms with Crippen LogP contribution >= 0.6 is 11.8 Å². The number of hydrogen-bond acceptors (Lipinski definition) is 3. The molecule has 0 aliphatic carbocycles. The monoisotopic (exact) mass is 227 g/mol. The molecule has 1 aromatic heterocycles. The Hall–Kier alpha value is -0.480. The van der Waals surface area contributed by atoms with Crippen LogP contribution in [-0.2, 0) is 6.42 Å². The average Bonchev–Trinajstić information content (AvgIpc) is 2.65. The SMILES string of the molecule is CNC(CSC)Cc1ccn(C(C)C)n1. The maximum atomic E-state index is 4.55. The van der Waals surface area contributed by atoms with Crippen molar-refractivity contribution in [1.29, 1.82) is 0 Å². The van der Waals surface area contributed by atoms with Gasteiger partial charge in [0.1, 0.15) is 0 Å². The van der Waals surface area contributed by atoms with E-state index < -0.39 is 0 Å². The van der Waals surface area contributed by atoms with E-state index in [4.69, 9.17) is 0 Å². The van der Waals surface area contributed by atoms with Crippen LogP contribution in [0.15, 0.2) is 12.3 Å². The highest BCUT2D eigenvalue weighted by molar-refractivity contribution is 7.98. The molecule has 1 heterocycles. The van der Waals surface area contributed by atoms with Gasteiger partial charge in [0.05, 0.1) is 5.69 Å². The summed E-state index contributed by atoms with van der Waals surface area (Å²) in [7, 11) is 2.01. The third-order valence-electron chi connectivity index (χ3n) is 2.42. The molecule has 0 bridgehead atoms. The summed E-state index contributed by atoms with van der Waals surface area (Å²) >= 11 is 1.87. The van der Waals surface area contributed by atoms with Gasteiger partial charge in [-0.05, 0) is 33.2 Å². The molecule has 0 aliphatic heterocycles. The van der Waals surface area contributed by atoms with Gasteiger partial charge in [-0.3, -0.25) is 4.68 Å². The molecule has 0 aliphatic rings. The second-order valence-corrected chi connectivity index (χ2v) is 4.94. The van der Waals surface area contributed by atoms with Crippen LogP contribution < -0.4 is 5.32 Å². The molecule has 0 saturated heterocycles. The quantitative estimate of drug-likeness (QED) is 0.805. The second-order valence-electron chi connectivity index (χ2n) is 4.03. The molecule has 0 spiro atoms. The van der Waals surface area contributed by atoms with E-state index in [0.29, 0.717) is 12.1 Å². The fourth-order valence-corrected chi connectivity index (χ4v) is 2.16. The number of nitrogens with one attached hydrogen (secondary N) is 1. The third kappa shape index (κ3) is 3.87. The zero-order chi connectivity index (χ0) is 11.3. The van der Waals surface area contributed by atoms with Crippen molar-refractivity contribution in [1.82, 2.24) is 15.1 Å². The first kappa shape index (κ1) is 12.6. The summed E-state index contributed by atoms with van der Waals surface area (Å²) < 4.78 is 2.02. The Bertz CT molecular complexity index is 283. The molecule has 1 aromatic rings. The van der Waals surface area contributed by atoms with Gasteiger partial charge < -0.3 is 5.32 Å². The van der Waals surface area contributed by atoms with Crippen molar-refractivity contribution in [3.05, 3.63) is 18.0 Å². The average molecular weight is 227 g/mol. The number of hydrogen-bond donors (Lipinski definition) is 1. The fourth-order valence-electron chi connectivity index (χ4n) is 1.47. The Labute approximate surface area is 96.6 Å². The first-order chi connectivity index (χ1) is 7.17. The Kier molecular flexibility index (Phi) is 5.19. The zero-order valence-electron chi connectivity index (χ0n) is 10.0. The van der Waals surface area contributed by atoms with E-state index in [9.17, 15) is 0 Å². The van der Waals surface area contributed by atoms with Crippen molar-refractivity contribution in [2.24, 2.45) is 0 Å². The van der Waals surface area contributed by atoms with Crippen molar-refractivity contribution in [2.75, 3.05) is 19.1 Å². The maximum absolute atomic E-state index is 4.55. The van der Waals surface area contributed by atoms with Gasteiger partial charge in [0, 0.05) is 30.5 Å². The number of thioether (sulfide) groups is 1. The first-order valence-corrected chi connectivity index (χ1v) is 6.77. The number of rotatable bonds is 6. The predicted molar refractivity (Wildman–Crippen MR) is 67.5 cm³/mol. The van der Waals surface area contributed by atoms with E-state index in [-0.39, 0.29) is 0 Å². The molecular formula is C11H21N3S. The Morgan fingerprint density at radius 2 is 2.27 bits per heavy atom. The maximum Gasteiger partial charge on any atom is 0.0640 e. The molecule has 3 nitrogen and oxygen atoms in total. The van der Waals surface area contributed by atoms with E-state index in [1.54, 1.807) is 0 Å². The number of likely N-dealkylation sites (N-methyl/N-ethyl adjacent to an activating group) is 1. The van der Waals surface area contributed by atoms with Crippen LogP contribution in [0.2, 0.25) is 0 Å². The van der Waals surface area contributed by atoms with Gasteiger partial charge in [-0.2, -0.15) is 16.9 Å². The minimum absolute atomic E-state index is 0.451. The Balaban J connectivity index is 2.55. The summed E-state index contributed by atoms with van der Waals surface area (Å²) in [5.74, 6) is 1.13. The molecule has 1 unspecified atom stereocenters. The first-order valence-electron chi connectivity index (χ1n) is 5.37.